The van der Waals surface area contributed by atoms with E-state index in [0.717, 1.165) is 45.4 Å². The van der Waals surface area contributed by atoms with Crippen LogP contribution < -0.4 is 0 Å². The van der Waals surface area contributed by atoms with Gasteiger partial charge in [-0.1, -0.05) is 13.3 Å². The van der Waals surface area contributed by atoms with Gasteiger partial charge >= 0.3 is 0 Å². The van der Waals surface area contributed by atoms with Crippen LogP contribution in [0.15, 0.2) is 0 Å². The normalized spacial score (nSPS) is 19.1. The summed E-state index contributed by atoms with van der Waals surface area (Å²) in [6.07, 6.45) is 5.17. The lowest BCUT2D eigenvalue weighted by atomic mass is 10.2. The van der Waals surface area contributed by atoms with Gasteiger partial charge in [-0.3, -0.25) is 4.79 Å². The van der Waals surface area contributed by atoms with E-state index < -0.39 is 0 Å². The van der Waals surface area contributed by atoms with Crippen molar-refractivity contribution in [2.75, 3.05) is 32.9 Å². The lowest BCUT2D eigenvalue weighted by Crippen LogP contribution is -2.32. The molecule has 0 spiro atoms. The van der Waals surface area contributed by atoms with Gasteiger partial charge in [0.05, 0.1) is 25.7 Å². The highest BCUT2D eigenvalue weighted by Crippen LogP contribution is 2.12. The Labute approximate surface area is 111 Å². The fourth-order valence-corrected chi connectivity index (χ4v) is 2.12. The third kappa shape index (κ3) is 5.83. The van der Waals surface area contributed by atoms with Crippen molar-refractivity contribution >= 4 is 5.91 Å². The Bertz CT molecular complexity index is 227. The van der Waals surface area contributed by atoms with Crippen LogP contribution in [0.4, 0.5) is 0 Å². The molecule has 0 aliphatic carbocycles. The largest absolute Gasteiger partial charge is 0.378 e. The molecule has 0 aromatic rings. The van der Waals surface area contributed by atoms with Crippen LogP contribution in [0.25, 0.3) is 0 Å². The number of rotatable bonds is 9. The lowest BCUT2D eigenvalue weighted by molar-refractivity contribution is -0.132. The number of ether oxygens (including phenoxy) is 2. The van der Waals surface area contributed by atoms with E-state index in [1.165, 1.54) is 0 Å². The predicted molar refractivity (Wildman–Crippen MR) is 71.6 cm³/mol. The SMILES string of the molecule is CCCCN(CC)C(=O)CCOCC1CCCO1. The quantitative estimate of drug-likeness (QED) is 0.595. The molecule has 0 aromatic carbocycles. The number of nitrogens with zero attached hydrogens (tertiary/aromatic N) is 1. The van der Waals surface area contributed by atoms with Gasteiger partial charge in [-0.25, -0.2) is 0 Å². The first kappa shape index (κ1) is 15.4. The van der Waals surface area contributed by atoms with Crippen LogP contribution in [-0.2, 0) is 14.3 Å². The van der Waals surface area contributed by atoms with E-state index in [1.807, 2.05) is 11.8 Å². The zero-order valence-corrected chi connectivity index (χ0v) is 11.8. The van der Waals surface area contributed by atoms with Gasteiger partial charge in [-0.05, 0) is 26.2 Å². The van der Waals surface area contributed by atoms with Crippen LogP contribution in [-0.4, -0.2) is 49.8 Å². The summed E-state index contributed by atoms with van der Waals surface area (Å²) in [6, 6.07) is 0. The van der Waals surface area contributed by atoms with Crippen LogP contribution >= 0.6 is 0 Å². The van der Waals surface area contributed by atoms with E-state index >= 15 is 0 Å². The van der Waals surface area contributed by atoms with E-state index in [0.29, 0.717) is 19.6 Å². The molecule has 0 saturated carbocycles. The summed E-state index contributed by atoms with van der Waals surface area (Å²) in [5.74, 6) is 0.207. The molecular weight excluding hydrogens is 230 g/mol. The third-order valence-corrected chi connectivity index (χ3v) is 3.30. The zero-order chi connectivity index (χ0) is 13.2. The van der Waals surface area contributed by atoms with E-state index in [9.17, 15) is 4.79 Å². The van der Waals surface area contributed by atoms with Crippen LogP contribution in [0.1, 0.15) is 46.0 Å². The van der Waals surface area contributed by atoms with Crippen LogP contribution in [0, 0.1) is 0 Å². The summed E-state index contributed by atoms with van der Waals surface area (Å²) >= 11 is 0. The molecule has 1 fully saturated rings. The fraction of sp³-hybridized carbons (Fsp3) is 0.929. The van der Waals surface area contributed by atoms with Crippen LogP contribution in [0.5, 0.6) is 0 Å². The summed E-state index contributed by atoms with van der Waals surface area (Å²) < 4.78 is 11.0. The maximum atomic E-state index is 11.9. The molecule has 0 aromatic heterocycles. The Morgan fingerprint density at radius 1 is 1.44 bits per heavy atom. The number of amides is 1. The standard InChI is InChI=1S/C14H27NO3/c1-3-5-9-15(4-2)14(16)8-11-17-12-13-7-6-10-18-13/h13H,3-12H2,1-2H3. The highest BCUT2D eigenvalue weighted by Gasteiger charge is 2.16. The predicted octanol–water partition coefficient (Wildman–Crippen LogP) is 2.22. The molecular formula is C14H27NO3. The van der Waals surface area contributed by atoms with Crippen molar-refractivity contribution in [3.63, 3.8) is 0 Å². The van der Waals surface area contributed by atoms with Crippen molar-refractivity contribution in [2.45, 2.75) is 52.1 Å². The first-order chi connectivity index (χ1) is 8.77. The Balaban J connectivity index is 2.06. The number of unbranched alkanes of at least 4 members (excludes halogenated alkanes) is 1. The molecule has 1 saturated heterocycles. The van der Waals surface area contributed by atoms with E-state index in [4.69, 9.17) is 9.47 Å². The molecule has 1 unspecified atom stereocenters. The maximum absolute atomic E-state index is 11.9. The molecule has 106 valence electrons. The average Bonchev–Trinajstić information content (AvgIpc) is 2.88. The third-order valence-electron chi connectivity index (χ3n) is 3.30. The average molecular weight is 257 g/mol. The van der Waals surface area contributed by atoms with Crippen molar-refractivity contribution in [1.82, 2.24) is 4.90 Å². The van der Waals surface area contributed by atoms with Crippen LogP contribution in [0.2, 0.25) is 0 Å². The number of hydrogen-bond donors (Lipinski definition) is 0. The van der Waals surface area contributed by atoms with Crippen molar-refractivity contribution in [1.29, 1.82) is 0 Å². The highest BCUT2D eigenvalue weighted by atomic mass is 16.5. The second-order valence-electron chi connectivity index (χ2n) is 4.79. The summed E-state index contributed by atoms with van der Waals surface area (Å²) in [6.45, 7) is 7.84. The molecule has 4 nitrogen and oxygen atoms in total. The molecule has 1 atom stereocenters. The molecule has 1 rings (SSSR count). The molecule has 0 N–H and O–H groups in total. The lowest BCUT2D eigenvalue weighted by Gasteiger charge is -2.20. The van der Waals surface area contributed by atoms with E-state index in [1.54, 1.807) is 0 Å². The smallest absolute Gasteiger partial charge is 0.224 e. The van der Waals surface area contributed by atoms with Crippen molar-refractivity contribution < 1.29 is 14.3 Å². The summed E-state index contributed by atoms with van der Waals surface area (Å²) in [5.41, 5.74) is 0. The molecule has 0 radical (unpaired) electrons. The molecule has 1 aliphatic heterocycles. The van der Waals surface area contributed by atoms with E-state index in [2.05, 4.69) is 6.92 Å². The van der Waals surface area contributed by atoms with Gasteiger partial charge in [0.25, 0.3) is 0 Å². The van der Waals surface area contributed by atoms with Gasteiger partial charge in [-0.2, -0.15) is 0 Å². The molecule has 1 heterocycles. The zero-order valence-electron chi connectivity index (χ0n) is 11.8. The number of carbonyl (C=O) groups excluding carboxylic acids is 1. The summed E-state index contributed by atoms with van der Waals surface area (Å²) in [4.78, 5) is 13.8. The van der Waals surface area contributed by atoms with Gasteiger partial charge < -0.3 is 14.4 Å². The number of carbonyl (C=O) groups is 1. The highest BCUT2D eigenvalue weighted by molar-refractivity contribution is 5.76. The summed E-state index contributed by atoms with van der Waals surface area (Å²) in [7, 11) is 0. The minimum atomic E-state index is 0.207. The topological polar surface area (TPSA) is 38.8 Å². The van der Waals surface area contributed by atoms with Crippen molar-refractivity contribution in [3.05, 3.63) is 0 Å². The molecule has 4 heteroatoms. The van der Waals surface area contributed by atoms with Gasteiger partial charge in [0.1, 0.15) is 0 Å². The van der Waals surface area contributed by atoms with Gasteiger partial charge in [0.15, 0.2) is 0 Å². The Hall–Kier alpha value is -0.610. The monoisotopic (exact) mass is 257 g/mol. The minimum Gasteiger partial charge on any atom is -0.378 e. The van der Waals surface area contributed by atoms with Gasteiger partial charge in [0, 0.05) is 19.7 Å². The molecule has 0 bridgehead atoms. The summed E-state index contributed by atoms with van der Waals surface area (Å²) in [5, 5.41) is 0. The molecule has 1 aliphatic rings. The van der Waals surface area contributed by atoms with Crippen molar-refractivity contribution in [2.24, 2.45) is 0 Å². The molecule has 18 heavy (non-hydrogen) atoms. The van der Waals surface area contributed by atoms with Crippen LogP contribution in [0.3, 0.4) is 0 Å². The first-order valence-electron chi connectivity index (χ1n) is 7.25. The minimum absolute atomic E-state index is 0.207. The second kappa shape index (κ2) is 9.34. The Kier molecular flexibility index (Phi) is 8.01. The Morgan fingerprint density at radius 3 is 2.89 bits per heavy atom. The number of hydrogen-bond acceptors (Lipinski definition) is 3. The fourth-order valence-electron chi connectivity index (χ4n) is 2.12. The second-order valence-corrected chi connectivity index (χ2v) is 4.79. The molecule has 1 amide bonds. The van der Waals surface area contributed by atoms with Gasteiger partial charge in [0.2, 0.25) is 5.91 Å². The van der Waals surface area contributed by atoms with E-state index in [-0.39, 0.29) is 12.0 Å². The Morgan fingerprint density at radius 2 is 2.28 bits per heavy atom. The maximum Gasteiger partial charge on any atom is 0.224 e. The first-order valence-corrected chi connectivity index (χ1v) is 7.25. The van der Waals surface area contributed by atoms with Gasteiger partial charge in [-0.15, -0.1) is 0 Å². The van der Waals surface area contributed by atoms with Crippen molar-refractivity contribution in [3.8, 4) is 0 Å².